The Balaban J connectivity index is 2.32. The van der Waals surface area contributed by atoms with Crippen LogP contribution in [0.2, 0.25) is 0 Å². The van der Waals surface area contributed by atoms with Crippen LogP contribution in [-0.4, -0.2) is 26.5 Å². The predicted octanol–water partition coefficient (Wildman–Crippen LogP) is -0.00750. The second-order valence-electron chi connectivity index (χ2n) is 3.04. The molecule has 78 valence electrons. The summed E-state index contributed by atoms with van der Waals surface area (Å²) in [7, 11) is 0. The van der Waals surface area contributed by atoms with Crippen molar-refractivity contribution in [1.82, 2.24) is 19.9 Å². The number of H-pyrrole nitrogens is 1. The molecule has 2 aromatic rings. The van der Waals surface area contributed by atoms with Crippen LogP contribution < -0.4 is 11.5 Å². The number of hydrogen-bond acceptors (Lipinski definition) is 5. The van der Waals surface area contributed by atoms with Crippen LogP contribution in [0.15, 0.2) is 18.5 Å². The highest BCUT2D eigenvalue weighted by molar-refractivity contribution is 5.80. The minimum Gasteiger partial charge on any atom is -0.382 e. The van der Waals surface area contributed by atoms with Gasteiger partial charge in [-0.2, -0.15) is 0 Å². The van der Waals surface area contributed by atoms with Crippen molar-refractivity contribution in [2.45, 2.75) is 6.42 Å². The zero-order valence-corrected chi connectivity index (χ0v) is 8.14. The Morgan fingerprint density at radius 1 is 1.33 bits per heavy atom. The molecule has 0 aliphatic carbocycles. The fraction of sp³-hybridized carbons (Fsp3) is 0.222. The summed E-state index contributed by atoms with van der Waals surface area (Å²) < 4.78 is 0. The lowest BCUT2D eigenvalue weighted by molar-refractivity contribution is 1.01. The van der Waals surface area contributed by atoms with Crippen LogP contribution in [0.3, 0.4) is 0 Å². The summed E-state index contributed by atoms with van der Waals surface area (Å²) in [6.45, 7) is 0.514. The molecule has 0 unspecified atom stereocenters. The monoisotopic (exact) mass is 204 g/mol. The van der Waals surface area contributed by atoms with E-state index in [1.165, 1.54) is 0 Å². The Kier molecular flexibility index (Phi) is 2.59. The fourth-order valence-electron chi connectivity index (χ4n) is 1.28. The van der Waals surface area contributed by atoms with Gasteiger partial charge in [0, 0.05) is 13.0 Å². The number of aromatic amines is 1. The van der Waals surface area contributed by atoms with Gasteiger partial charge in [-0.05, 0) is 0 Å². The Morgan fingerprint density at radius 2 is 2.20 bits per heavy atom. The number of nitrogens with zero attached hydrogens (tertiary/aromatic N) is 3. The molecule has 6 heteroatoms. The maximum absolute atomic E-state index is 5.73. The van der Waals surface area contributed by atoms with E-state index >= 15 is 0 Å². The van der Waals surface area contributed by atoms with Gasteiger partial charge >= 0.3 is 0 Å². The number of rotatable bonds is 3. The van der Waals surface area contributed by atoms with Gasteiger partial charge in [-0.3, -0.25) is 0 Å². The molecule has 2 aromatic heterocycles. The summed E-state index contributed by atoms with van der Waals surface area (Å²) in [5.74, 6) is 1.07. The topological polar surface area (TPSA) is 106 Å². The molecule has 15 heavy (non-hydrogen) atoms. The van der Waals surface area contributed by atoms with Gasteiger partial charge in [0.25, 0.3) is 0 Å². The Hall–Kier alpha value is -1.95. The minimum absolute atomic E-state index is 0.425. The number of allylic oxidation sites excluding steroid dienone is 1. The highest BCUT2D eigenvalue weighted by Crippen LogP contribution is 2.12. The molecule has 0 amide bonds. The molecule has 0 saturated heterocycles. The molecule has 5 N–H and O–H groups in total. The molecule has 0 atom stereocenters. The lowest BCUT2D eigenvalue weighted by Gasteiger charge is -1.98. The third-order valence-corrected chi connectivity index (χ3v) is 1.96. The van der Waals surface area contributed by atoms with E-state index in [0.29, 0.717) is 35.8 Å². The first-order chi connectivity index (χ1) is 7.31. The molecular weight excluding hydrogens is 192 g/mol. The number of nitrogens with two attached hydrogens (primary N) is 2. The molecule has 0 aliphatic rings. The molecule has 0 radical (unpaired) electrons. The van der Waals surface area contributed by atoms with Crippen LogP contribution in [0.25, 0.3) is 11.2 Å². The van der Waals surface area contributed by atoms with Gasteiger partial charge < -0.3 is 16.5 Å². The van der Waals surface area contributed by atoms with E-state index in [-0.39, 0.29) is 0 Å². The van der Waals surface area contributed by atoms with E-state index in [1.54, 1.807) is 6.33 Å². The normalized spacial score (nSPS) is 11.5. The first kappa shape index (κ1) is 9.60. The molecule has 0 bridgehead atoms. The van der Waals surface area contributed by atoms with Crippen LogP contribution in [0.5, 0.6) is 0 Å². The third-order valence-electron chi connectivity index (χ3n) is 1.96. The quantitative estimate of drug-likeness (QED) is 0.610. The lowest BCUT2D eigenvalue weighted by Crippen LogP contribution is -2.00. The summed E-state index contributed by atoms with van der Waals surface area (Å²) in [5.41, 5.74) is 12.3. The maximum Gasteiger partial charge on any atom is 0.183 e. The number of nitrogens with one attached hydrogen (secondary N) is 1. The van der Waals surface area contributed by atoms with Gasteiger partial charge in [0.05, 0.1) is 6.33 Å². The van der Waals surface area contributed by atoms with Crippen LogP contribution in [0.4, 0.5) is 5.82 Å². The Bertz CT molecular complexity index is 486. The number of anilines is 1. The zero-order valence-electron chi connectivity index (χ0n) is 8.14. The van der Waals surface area contributed by atoms with Crippen LogP contribution in [0.1, 0.15) is 5.82 Å². The predicted molar refractivity (Wildman–Crippen MR) is 58.0 cm³/mol. The third kappa shape index (κ3) is 1.94. The summed E-state index contributed by atoms with van der Waals surface area (Å²) in [6, 6.07) is 0. The standard InChI is InChI=1S/C9H12N6/c10-4-2-1-3-6-14-8(11)7-9(15-6)13-5-12-7/h1-2,5H,3-4,10H2,(H3,11,12,13,14,15). The molecule has 0 aliphatic heterocycles. The molecule has 6 nitrogen and oxygen atoms in total. The zero-order chi connectivity index (χ0) is 10.7. The molecule has 2 heterocycles. The number of imidazole rings is 1. The van der Waals surface area contributed by atoms with Crippen molar-refractivity contribution < 1.29 is 0 Å². The molecule has 0 spiro atoms. The maximum atomic E-state index is 5.73. The van der Waals surface area contributed by atoms with Crippen molar-refractivity contribution in [2.75, 3.05) is 12.3 Å². The summed E-state index contributed by atoms with van der Waals surface area (Å²) >= 11 is 0. The van der Waals surface area contributed by atoms with Crippen molar-refractivity contribution in [3.05, 3.63) is 24.3 Å². The first-order valence-corrected chi connectivity index (χ1v) is 4.62. The molecule has 0 aromatic carbocycles. The van der Waals surface area contributed by atoms with Gasteiger partial charge in [-0.25, -0.2) is 15.0 Å². The van der Waals surface area contributed by atoms with Crippen LogP contribution in [0, 0.1) is 0 Å². The van der Waals surface area contributed by atoms with Crippen molar-refractivity contribution >= 4 is 17.0 Å². The van der Waals surface area contributed by atoms with E-state index in [9.17, 15) is 0 Å². The SMILES string of the molecule is NCC=CCc1nc(N)c2[nH]cnc2n1. The van der Waals surface area contributed by atoms with E-state index in [1.807, 2.05) is 12.2 Å². The van der Waals surface area contributed by atoms with E-state index in [2.05, 4.69) is 19.9 Å². The number of hydrogen-bond donors (Lipinski definition) is 3. The largest absolute Gasteiger partial charge is 0.382 e. The molecule has 0 saturated carbocycles. The van der Waals surface area contributed by atoms with E-state index in [0.717, 1.165) is 0 Å². The van der Waals surface area contributed by atoms with Gasteiger partial charge in [-0.15, -0.1) is 0 Å². The highest BCUT2D eigenvalue weighted by Gasteiger charge is 2.05. The van der Waals surface area contributed by atoms with E-state index in [4.69, 9.17) is 11.5 Å². The van der Waals surface area contributed by atoms with Crippen molar-refractivity contribution in [2.24, 2.45) is 5.73 Å². The first-order valence-electron chi connectivity index (χ1n) is 4.62. The number of aromatic nitrogens is 4. The highest BCUT2D eigenvalue weighted by atomic mass is 15.0. The lowest BCUT2D eigenvalue weighted by atomic mass is 10.3. The summed E-state index contributed by atoms with van der Waals surface area (Å²) in [6.07, 6.45) is 5.93. The molecule has 2 rings (SSSR count). The van der Waals surface area contributed by atoms with Gasteiger partial charge in [0.15, 0.2) is 11.5 Å². The summed E-state index contributed by atoms with van der Waals surface area (Å²) in [5, 5.41) is 0. The number of fused-ring (bicyclic) bond motifs is 1. The molecular formula is C9H12N6. The fourth-order valence-corrected chi connectivity index (χ4v) is 1.28. The van der Waals surface area contributed by atoms with E-state index < -0.39 is 0 Å². The van der Waals surface area contributed by atoms with Crippen LogP contribution >= 0.6 is 0 Å². The van der Waals surface area contributed by atoms with Crippen molar-refractivity contribution in [1.29, 1.82) is 0 Å². The Labute approximate surface area is 86.4 Å². The summed E-state index contributed by atoms with van der Waals surface area (Å²) in [4.78, 5) is 15.3. The van der Waals surface area contributed by atoms with Crippen molar-refractivity contribution in [3.63, 3.8) is 0 Å². The van der Waals surface area contributed by atoms with Gasteiger partial charge in [0.2, 0.25) is 0 Å². The number of nitrogen functional groups attached to an aromatic ring is 1. The Morgan fingerprint density at radius 3 is 3.00 bits per heavy atom. The second kappa shape index (κ2) is 4.05. The second-order valence-corrected chi connectivity index (χ2v) is 3.04. The van der Waals surface area contributed by atoms with Gasteiger partial charge in [0.1, 0.15) is 11.3 Å². The smallest absolute Gasteiger partial charge is 0.183 e. The van der Waals surface area contributed by atoms with Crippen LogP contribution in [-0.2, 0) is 6.42 Å². The van der Waals surface area contributed by atoms with Crippen molar-refractivity contribution in [3.8, 4) is 0 Å². The minimum atomic E-state index is 0.425. The average Bonchev–Trinajstić information content (AvgIpc) is 2.66. The molecule has 0 fully saturated rings. The average molecular weight is 204 g/mol. The van der Waals surface area contributed by atoms with Gasteiger partial charge in [-0.1, -0.05) is 12.2 Å².